The molecule has 0 bridgehead atoms. The van der Waals surface area contributed by atoms with Gasteiger partial charge in [-0.25, -0.2) is 0 Å². The van der Waals surface area contributed by atoms with E-state index in [0.29, 0.717) is 0 Å². The molecule has 1 aliphatic heterocycles. The van der Waals surface area contributed by atoms with Crippen LogP contribution in [0, 0.1) is 5.92 Å². The molecule has 2 fully saturated rings. The maximum Gasteiger partial charge on any atom is 0.0330 e. The monoisotopic (exact) mass is 286 g/mol. The van der Waals surface area contributed by atoms with Crippen molar-refractivity contribution in [2.24, 2.45) is 5.92 Å². The van der Waals surface area contributed by atoms with Crippen molar-refractivity contribution in [3.8, 4) is 0 Å². The lowest BCUT2D eigenvalue weighted by molar-refractivity contribution is 0.194. The SMILES string of the molecule is Cl.c1csc(CN(CC2CCCNC2)C2CC2)c1. The molecule has 4 heteroatoms. The summed E-state index contributed by atoms with van der Waals surface area (Å²) in [6.07, 6.45) is 5.62. The summed E-state index contributed by atoms with van der Waals surface area (Å²) in [6, 6.07) is 5.34. The second kappa shape index (κ2) is 6.90. The minimum atomic E-state index is 0. The highest BCUT2D eigenvalue weighted by molar-refractivity contribution is 7.09. The zero-order valence-corrected chi connectivity index (χ0v) is 12.4. The first-order valence-corrected chi connectivity index (χ1v) is 7.77. The van der Waals surface area contributed by atoms with Crippen LogP contribution < -0.4 is 5.32 Å². The first-order chi connectivity index (χ1) is 8.42. The van der Waals surface area contributed by atoms with E-state index in [-0.39, 0.29) is 12.4 Å². The molecule has 1 aromatic heterocycles. The van der Waals surface area contributed by atoms with Crippen LogP contribution in [-0.2, 0) is 6.54 Å². The van der Waals surface area contributed by atoms with E-state index in [2.05, 4.69) is 27.7 Å². The summed E-state index contributed by atoms with van der Waals surface area (Å²) in [5, 5.41) is 5.73. The van der Waals surface area contributed by atoms with Gasteiger partial charge in [0.15, 0.2) is 0 Å². The third-order valence-electron chi connectivity index (χ3n) is 3.89. The van der Waals surface area contributed by atoms with Gasteiger partial charge in [0.2, 0.25) is 0 Å². The fourth-order valence-corrected chi connectivity index (χ4v) is 3.53. The fraction of sp³-hybridized carbons (Fsp3) is 0.714. The van der Waals surface area contributed by atoms with Crippen LogP contribution in [0.4, 0.5) is 0 Å². The summed E-state index contributed by atoms with van der Waals surface area (Å²) in [4.78, 5) is 4.25. The Morgan fingerprint density at radius 3 is 2.83 bits per heavy atom. The predicted molar refractivity (Wildman–Crippen MR) is 80.6 cm³/mol. The average Bonchev–Trinajstić information content (AvgIpc) is 3.09. The quantitative estimate of drug-likeness (QED) is 0.895. The molecule has 1 unspecified atom stereocenters. The highest BCUT2D eigenvalue weighted by Crippen LogP contribution is 2.30. The number of thiophene rings is 1. The number of halogens is 1. The number of rotatable bonds is 5. The average molecular weight is 287 g/mol. The second-order valence-electron chi connectivity index (χ2n) is 5.45. The van der Waals surface area contributed by atoms with Crippen molar-refractivity contribution in [1.29, 1.82) is 0 Å². The molecule has 2 aliphatic rings. The van der Waals surface area contributed by atoms with Crippen molar-refractivity contribution in [2.75, 3.05) is 19.6 Å². The molecule has 1 saturated heterocycles. The summed E-state index contributed by atoms with van der Waals surface area (Å²) in [5.74, 6) is 0.879. The van der Waals surface area contributed by atoms with E-state index in [0.717, 1.165) is 12.0 Å². The largest absolute Gasteiger partial charge is 0.316 e. The van der Waals surface area contributed by atoms with E-state index in [4.69, 9.17) is 0 Å². The van der Waals surface area contributed by atoms with Crippen molar-refractivity contribution in [3.05, 3.63) is 22.4 Å². The number of nitrogens with zero attached hydrogens (tertiary/aromatic N) is 1. The van der Waals surface area contributed by atoms with Crippen molar-refractivity contribution in [2.45, 2.75) is 38.3 Å². The maximum absolute atomic E-state index is 3.53. The van der Waals surface area contributed by atoms with E-state index in [1.165, 1.54) is 56.7 Å². The Balaban J connectivity index is 0.00000120. The van der Waals surface area contributed by atoms with Gasteiger partial charge >= 0.3 is 0 Å². The van der Waals surface area contributed by atoms with Gasteiger partial charge in [-0.15, -0.1) is 23.7 Å². The molecule has 18 heavy (non-hydrogen) atoms. The standard InChI is InChI=1S/C14H22N2S.ClH/c1-3-12(9-15-7-1)10-16(13-5-6-13)11-14-4-2-8-17-14;/h2,4,8,12-13,15H,1,3,5-7,9-11H2;1H. The third-order valence-corrected chi connectivity index (χ3v) is 4.76. The second-order valence-corrected chi connectivity index (χ2v) is 6.48. The van der Waals surface area contributed by atoms with Crippen molar-refractivity contribution < 1.29 is 0 Å². The fourth-order valence-electron chi connectivity index (χ4n) is 2.80. The number of hydrogen-bond donors (Lipinski definition) is 1. The summed E-state index contributed by atoms with van der Waals surface area (Å²) >= 11 is 1.90. The Kier molecular flexibility index (Phi) is 5.49. The van der Waals surface area contributed by atoms with E-state index >= 15 is 0 Å². The van der Waals surface area contributed by atoms with Gasteiger partial charge < -0.3 is 5.32 Å². The van der Waals surface area contributed by atoms with Gasteiger partial charge in [0.1, 0.15) is 0 Å². The molecule has 1 atom stereocenters. The van der Waals surface area contributed by atoms with Crippen LogP contribution in [0.3, 0.4) is 0 Å². The molecule has 1 aromatic rings. The van der Waals surface area contributed by atoms with Crippen LogP contribution >= 0.6 is 23.7 Å². The van der Waals surface area contributed by atoms with Gasteiger partial charge in [-0.05, 0) is 56.1 Å². The summed E-state index contributed by atoms with van der Waals surface area (Å²) in [7, 11) is 0. The highest BCUT2D eigenvalue weighted by atomic mass is 35.5. The Labute approximate surface area is 120 Å². The van der Waals surface area contributed by atoms with Crippen LogP contribution in [0.15, 0.2) is 17.5 Å². The van der Waals surface area contributed by atoms with E-state index in [1.54, 1.807) is 0 Å². The molecule has 3 rings (SSSR count). The Morgan fingerprint density at radius 1 is 1.33 bits per heavy atom. The van der Waals surface area contributed by atoms with Gasteiger partial charge in [-0.2, -0.15) is 0 Å². The minimum Gasteiger partial charge on any atom is -0.316 e. The molecule has 2 nitrogen and oxygen atoms in total. The van der Waals surface area contributed by atoms with Crippen LogP contribution in [0.2, 0.25) is 0 Å². The highest BCUT2D eigenvalue weighted by Gasteiger charge is 2.30. The van der Waals surface area contributed by atoms with Crippen molar-refractivity contribution >= 4 is 23.7 Å². The first-order valence-electron chi connectivity index (χ1n) is 6.89. The first kappa shape index (κ1) is 14.3. The molecule has 0 spiro atoms. The molecule has 0 amide bonds. The Bertz CT molecular complexity index is 332. The predicted octanol–water partition coefficient (Wildman–Crippen LogP) is 3.13. The van der Waals surface area contributed by atoms with Crippen LogP contribution in [0.5, 0.6) is 0 Å². The maximum atomic E-state index is 3.53. The topological polar surface area (TPSA) is 15.3 Å². The van der Waals surface area contributed by atoms with Crippen molar-refractivity contribution in [1.82, 2.24) is 10.2 Å². The van der Waals surface area contributed by atoms with E-state index in [1.807, 2.05) is 11.3 Å². The number of piperidine rings is 1. The van der Waals surface area contributed by atoms with E-state index < -0.39 is 0 Å². The van der Waals surface area contributed by atoms with Crippen molar-refractivity contribution in [3.63, 3.8) is 0 Å². The van der Waals surface area contributed by atoms with Gasteiger partial charge in [0.25, 0.3) is 0 Å². The molecule has 1 saturated carbocycles. The molecule has 0 aromatic carbocycles. The van der Waals surface area contributed by atoms with Gasteiger partial charge in [-0.1, -0.05) is 6.07 Å². The lowest BCUT2D eigenvalue weighted by atomic mass is 9.99. The zero-order valence-electron chi connectivity index (χ0n) is 10.8. The van der Waals surface area contributed by atoms with Gasteiger partial charge in [-0.3, -0.25) is 4.90 Å². The van der Waals surface area contributed by atoms with Crippen LogP contribution in [0.1, 0.15) is 30.6 Å². The summed E-state index contributed by atoms with van der Waals surface area (Å²) < 4.78 is 0. The molecule has 102 valence electrons. The van der Waals surface area contributed by atoms with Gasteiger partial charge in [0, 0.05) is 24.0 Å². The third kappa shape index (κ3) is 3.95. The Hall–Kier alpha value is -0.0900. The summed E-state index contributed by atoms with van der Waals surface area (Å²) in [6.45, 7) is 4.94. The number of nitrogens with one attached hydrogen (secondary N) is 1. The van der Waals surface area contributed by atoms with Crippen LogP contribution in [0.25, 0.3) is 0 Å². The van der Waals surface area contributed by atoms with E-state index in [9.17, 15) is 0 Å². The smallest absolute Gasteiger partial charge is 0.0330 e. The molecular weight excluding hydrogens is 264 g/mol. The lowest BCUT2D eigenvalue weighted by Crippen LogP contribution is -2.38. The Morgan fingerprint density at radius 2 is 2.22 bits per heavy atom. The zero-order chi connectivity index (χ0) is 11.5. The molecular formula is C14H23ClN2S. The summed E-state index contributed by atoms with van der Waals surface area (Å²) in [5.41, 5.74) is 0. The number of hydrogen-bond acceptors (Lipinski definition) is 3. The normalized spacial score (nSPS) is 23.9. The lowest BCUT2D eigenvalue weighted by Gasteiger charge is -2.30. The minimum absolute atomic E-state index is 0. The molecule has 2 heterocycles. The van der Waals surface area contributed by atoms with Gasteiger partial charge in [0.05, 0.1) is 0 Å². The molecule has 1 aliphatic carbocycles. The molecule has 1 N–H and O–H groups in total. The molecule has 0 radical (unpaired) electrons. The van der Waals surface area contributed by atoms with Crippen LogP contribution in [-0.4, -0.2) is 30.6 Å².